The van der Waals surface area contributed by atoms with E-state index in [0.29, 0.717) is 0 Å². The lowest BCUT2D eigenvalue weighted by molar-refractivity contribution is -0.143. The number of carboxylic acids is 1. The summed E-state index contributed by atoms with van der Waals surface area (Å²) in [6.07, 6.45) is 3.99. The van der Waals surface area contributed by atoms with E-state index >= 15 is 0 Å². The second kappa shape index (κ2) is 4.98. The molecule has 0 saturated carbocycles. The maximum absolute atomic E-state index is 11.6. The Hall–Kier alpha value is -1.33. The Labute approximate surface area is 119 Å². The van der Waals surface area contributed by atoms with Gasteiger partial charge in [0.05, 0.1) is 0 Å². The maximum atomic E-state index is 11.6. The van der Waals surface area contributed by atoms with Crippen molar-refractivity contribution in [3.63, 3.8) is 0 Å². The number of halogens is 1. The van der Waals surface area contributed by atoms with Crippen molar-refractivity contribution in [2.24, 2.45) is 0 Å². The molecule has 2 heterocycles. The van der Waals surface area contributed by atoms with Crippen molar-refractivity contribution in [2.75, 3.05) is 13.1 Å². The molecular weight excluding hydrogens is 308 g/mol. The summed E-state index contributed by atoms with van der Waals surface area (Å²) >= 11 is 3.43. The number of rotatable bonds is 3. The molecule has 0 spiro atoms. The largest absolute Gasteiger partial charge is 0.480 e. The predicted molar refractivity (Wildman–Crippen MR) is 77.2 cm³/mol. The number of likely N-dealkylation sites (tertiary alicyclic amines) is 1. The van der Waals surface area contributed by atoms with Crippen LogP contribution < -0.4 is 0 Å². The van der Waals surface area contributed by atoms with Gasteiger partial charge in [-0.1, -0.05) is 22.0 Å². The van der Waals surface area contributed by atoms with E-state index in [-0.39, 0.29) is 0 Å². The summed E-state index contributed by atoms with van der Waals surface area (Å²) in [5.41, 5.74) is 1.83. The van der Waals surface area contributed by atoms with E-state index in [9.17, 15) is 9.90 Å². The van der Waals surface area contributed by atoms with Crippen molar-refractivity contribution in [2.45, 2.75) is 18.9 Å². The molecule has 1 aromatic carbocycles. The Bertz CT molecular complexity index is 617. The van der Waals surface area contributed by atoms with Crippen molar-refractivity contribution >= 4 is 32.8 Å². The fourth-order valence-electron chi connectivity index (χ4n) is 2.83. The highest BCUT2D eigenvalue weighted by Gasteiger charge is 2.31. The van der Waals surface area contributed by atoms with Crippen LogP contribution in [-0.2, 0) is 4.79 Å². The summed E-state index contributed by atoms with van der Waals surface area (Å²) in [5.74, 6) is -0.772. The number of nitrogens with zero attached hydrogens (tertiary/aromatic N) is 1. The molecule has 1 aliphatic rings. The van der Waals surface area contributed by atoms with Crippen LogP contribution in [0, 0.1) is 0 Å². The number of H-pyrrole nitrogens is 1. The zero-order valence-electron chi connectivity index (χ0n) is 10.4. The second-order valence-electron chi connectivity index (χ2n) is 4.92. The van der Waals surface area contributed by atoms with Gasteiger partial charge in [0.1, 0.15) is 6.04 Å². The Morgan fingerprint density at radius 1 is 1.37 bits per heavy atom. The summed E-state index contributed by atoms with van der Waals surface area (Å²) in [4.78, 5) is 16.8. The highest BCUT2D eigenvalue weighted by Crippen LogP contribution is 2.32. The van der Waals surface area contributed by atoms with Crippen molar-refractivity contribution in [3.05, 3.63) is 34.4 Å². The lowest BCUT2D eigenvalue weighted by Gasteiger charge is -2.23. The van der Waals surface area contributed by atoms with E-state index in [0.717, 1.165) is 46.9 Å². The van der Waals surface area contributed by atoms with E-state index in [2.05, 4.69) is 20.9 Å². The standard InChI is InChI=1S/C14H15BrN2O2/c15-9-3-4-10-11(8-16-12(10)7-9)13(14(18)19)17-5-1-2-6-17/h3-4,7-8,13,16H,1-2,5-6H2,(H,18,19). The minimum Gasteiger partial charge on any atom is -0.480 e. The number of hydrogen-bond acceptors (Lipinski definition) is 2. The van der Waals surface area contributed by atoms with Crippen LogP contribution >= 0.6 is 15.9 Å². The third kappa shape index (κ3) is 2.28. The first-order valence-corrected chi connectivity index (χ1v) is 7.19. The third-order valence-electron chi connectivity index (χ3n) is 3.71. The molecule has 0 bridgehead atoms. The molecule has 19 heavy (non-hydrogen) atoms. The number of nitrogens with one attached hydrogen (secondary N) is 1. The summed E-state index contributed by atoms with van der Waals surface area (Å²) < 4.78 is 0.987. The fraction of sp³-hybridized carbons (Fsp3) is 0.357. The zero-order valence-corrected chi connectivity index (χ0v) is 12.0. The van der Waals surface area contributed by atoms with Gasteiger partial charge in [-0.25, -0.2) is 0 Å². The van der Waals surface area contributed by atoms with Crippen molar-refractivity contribution in [1.82, 2.24) is 9.88 Å². The molecule has 0 aliphatic carbocycles. The highest BCUT2D eigenvalue weighted by atomic mass is 79.9. The molecule has 5 heteroatoms. The van der Waals surface area contributed by atoms with Gasteiger partial charge in [0.2, 0.25) is 0 Å². The zero-order chi connectivity index (χ0) is 13.4. The van der Waals surface area contributed by atoms with Crippen LogP contribution in [0.3, 0.4) is 0 Å². The number of aromatic amines is 1. The van der Waals surface area contributed by atoms with Gasteiger partial charge in [0.25, 0.3) is 0 Å². The van der Waals surface area contributed by atoms with E-state index in [4.69, 9.17) is 0 Å². The quantitative estimate of drug-likeness (QED) is 0.912. The molecule has 4 nitrogen and oxygen atoms in total. The van der Waals surface area contributed by atoms with E-state index in [1.54, 1.807) is 0 Å². The molecule has 1 unspecified atom stereocenters. The van der Waals surface area contributed by atoms with Crippen molar-refractivity contribution in [1.29, 1.82) is 0 Å². The highest BCUT2D eigenvalue weighted by molar-refractivity contribution is 9.10. The van der Waals surface area contributed by atoms with Gasteiger partial charge in [-0.3, -0.25) is 9.69 Å². The van der Waals surface area contributed by atoms with Crippen LogP contribution in [0.4, 0.5) is 0 Å². The summed E-state index contributed by atoms with van der Waals surface area (Å²) in [6.45, 7) is 1.72. The van der Waals surface area contributed by atoms with Crippen LogP contribution in [0.25, 0.3) is 10.9 Å². The molecule has 2 N–H and O–H groups in total. The minimum absolute atomic E-state index is 0.544. The van der Waals surface area contributed by atoms with E-state index in [1.165, 1.54) is 0 Å². The molecule has 1 fully saturated rings. The summed E-state index contributed by atoms with van der Waals surface area (Å²) in [6, 6.07) is 5.35. The topological polar surface area (TPSA) is 56.3 Å². The van der Waals surface area contributed by atoms with Gasteiger partial charge in [0.15, 0.2) is 0 Å². The summed E-state index contributed by atoms with van der Waals surface area (Å²) in [7, 11) is 0. The SMILES string of the molecule is O=C(O)C(c1c[nH]c2cc(Br)ccc12)N1CCCC1. The van der Waals surface area contributed by atoms with Gasteiger partial charge in [-0.2, -0.15) is 0 Å². The Morgan fingerprint density at radius 3 is 2.79 bits per heavy atom. The number of aliphatic carboxylic acids is 1. The number of carbonyl (C=O) groups is 1. The minimum atomic E-state index is -0.772. The monoisotopic (exact) mass is 322 g/mol. The van der Waals surface area contributed by atoms with Crippen molar-refractivity contribution < 1.29 is 9.90 Å². The molecule has 0 radical (unpaired) electrons. The smallest absolute Gasteiger partial charge is 0.325 e. The number of fused-ring (bicyclic) bond motifs is 1. The Kier molecular flexibility index (Phi) is 3.33. The first-order chi connectivity index (χ1) is 9.16. The molecule has 3 rings (SSSR count). The predicted octanol–water partition coefficient (Wildman–Crippen LogP) is 3.15. The van der Waals surface area contributed by atoms with E-state index in [1.807, 2.05) is 29.3 Å². The van der Waals surface area contributed by atoms with Crippen LogP contribution in [0.5, 0.6) is 0 Å². The average molecular weight is 323 g/mol. The van der Waals surface area contributed by atoms with Gasteiger partial charge in [-0.15, -0.1) is 0 Å². The lowest BCUT2D eigenvalue weighted by atomic mass is 10.0. The van der Waals surface area contributed by atoms with Crippen LogP contribution in [0.15, 0.2) is 28.9 Å². The number of benzene rings is 1. The lowest BCUT2D eigenvalue weighted by Crippen LogP contribution is -2.31. The van der Waals surface area contributed by atoms with Gasteiger partial charge < -0.3 is 10.1 Å². The number of carboxylic acid groups (broad SMARTS) is 1. The molecule has 1 saturated heterocycles. The van der Waals surface area contributed by atoms with Gasteiger partial charge in [0, 0.05) is 27.1 Å². The molecule has 1 aromatic heterocycles. The normalized spacial score (nSPS) is 17.9. The first kappa shape index (κ1) is 12.7. The molecular formula is C14H15BrN2O2. The molecule has 1 atom stereocenters. The maximum Gasteiger partial charge on any atom is 0.325 e. The first-order valence-electron chi connectivity index (χ1n) is 6.40. The summed E-state index contributed by atoms with van der Waals surface area (Å²) in [5, 5.41) is 10.5. The number of hydrogen-bond donors (Lipinski definition) is 2. The van der Waals surface area contributed by atoms with Gasteiger partial charge >= 0.3 is 5.97 Å². The van der Waals surface area contributed by atoms with Crippen LogP contribution in [0.2, 0.25) is 0 Å². The third-order valence-corrected chi connectivity index (χ3v) is 4.20. The van der Waals surface area contributed by atoms with E-state index < -0.39 is 12.0 Å². The molecule has 1 aliphatic heterocycles. The number of aromatic nitrogens is 1. The van der Waals surface area contributed by atoms with Gasteiger partial charge in [-0.05, 0) is 38.1 Å². The van der Waals surface area contributed by atoms with Crippen molar-refractivity contribution in [3.8, 4) is 0 Å². The Balaban J connectivity index is 2.07. The average Bonchev–Trinajstić information content (AvgIpc) is 2.99. The molecule has 0 amide bonds. The van der Waals surface area contributed by atoms with Crippen LogP contribution in [-0.4, -0.2) is 34.0 Å². The molecule has 100 valence electrons. The second-order valence-corrected chi connectivity index (χ2v) is 5.83. The molecule has 2 aromatic rings. The van der Waals surface area contributed by atoms with Crippen LogP contribution in [0.1, 0.15) is 24.4 Å². The fourth-order valence-corrected chi connectivity index (χ4v) is 3.19. The Morgan fingerprint density at radius 2 is 2.11 bits per heavy atom.